The van der Waals surface area contributed by atoms with E-state index in [4.69, 9.17) is 14.2 Å². The van der Waals surface area contributed by atoms with Crippen LogP contribution in [0.25, 0.3) is 0 Å². The minimum atomic E-state index is 0.0207. The minimum absolute atomic E-state index is 0.0207. The van der Waals surface area contributed by atoms with Gasteiger partial charge in [0.15, 0.2) is 11.5 Å². The maximum atomic E-state index is 13.4. The van der Waals surface area contributed by atoms with Crippen LogP contribution in [0.3, 0.4) is 0 Å². The van der Waals surface area contributed by atoms with E-state index in [1.165, 1.54) is 5.56 Å². The topological polar surface area (TPSA) is 85.8 Å². The van der Waals surface area contributed by atoms with E-state index in [1.807, 2.05) is 13.0 Å². The second-order valence-corrected chi connectivity index (χ2v) is 11.5. The zero-order valence-electron chi connectivity index (χ0n) is 24.3. The summed E-state index contributed by atoms with van der Waals surface area (Å²) in [4.78, 5) is 24.1. The number of nitrogens with one attached hydrogen (secondary N) is 1. The standard InChI is InChI=1S/C31H46N4O4/c1-21(2)24(13-23-7-10-29(38-5)30(14-23)39-12-6-11-37-4)15-25-17-32-18-26(25)20-35(27-8-9-27)31(36)28-19-33-22(3)16-34-28/h7,10,14,16,19,21,24-27,32H,6,8-9,11-13,15,17-18,20H2,1-5H3/t24-,25+,26-/m0/s1. The van der Waals surface area contributed by atoms with Crippen molar-refractivity contribution in [3.63, 3.8) is 0 Å². The van der Waals surface area contributed by atoms with E-state index in [2.05, 4.69) is 46.2 Å². The van der Waals surface area contributed by atoms with E-state index in [0.29, 0.717) is 48.6 Å². The van der Waals surface area contributed by atoms with E-state index in [1.54, 1.807) is 26.6 Å². The van der Waals surface area contributed by atoms with Crippen LogP contribution in [0.4, 0.5) is 0 Å². The molecule has 0 unspecified atom stereocenters. The molecule has 1 saturated heterocycles. The van der Waals surface area contributed by atoms with Crippen LogP contribution in [-0.2, 0) is 11.2 Å². The highest BCUT2D eigenvalue weighted by molar-refractivity contribution is 5.92. The van der Waals surface area contributed by atoms with E-state index in [0.717, 1.165) is 68.9 Å². The van der Waals surface area contributed by atoms with Gasteiger partial charge in [-0.2, -0.15) is 0 Å². The molecule has 8 heteroatoms. The summed E-state index contributed by atoms with van der Waals surface area (Å²) in [6.07, 6.45) is 8.42. The number of nitrogens with zero attached hydrogens (tertiary/aromatic N) is 3. The number of amides is 1. The summed E-state index contributed by atoms with van der Waals surface area (Å²) < 4.78 is 16.7. The zero-order valence-corrected chi connectivity index (χ0v) is 24.3. The van der Waals surface area contributed by atoms with Gasteiger partial charge in [0.1, 0.15) is 5.69 Å². The number of ether oxygens (including phenoxy) is 3. The summed E-state index contributed by atoms with van der Waals surface area (Å²) in [6, 6.07) is 6.66. The van der Waals surface area contributed by atoms with Crippen molar-refractivity contribution in [2.75, 3.05) is 47.1 Å². The Hall–Kier alpha value is -2.71. The maximum absolute atomic E-state index is 13.4. The molecular weight excluding hydrogens is 492 g/mol. The van der Waals surface area contributed by atoms with Gasteiger partial charge in [-0.25, -0.2) is 4.98 Å². The van der Waals surface area contributed by atoms with Crippen LogP contribution >= 0.6 is 0 Å². The number of rotatable bonds is 15. The Morgan fingerprint density at radius 3 is 2.54 bits per heavy atom. The molecule has 0 radical (unpaired) electrons. The van der Waals surface area contributed by atoms with Crippen LogP contribution in [-0.4, -0.2) is 73.9 Å². The Labute approximate surface area is 233 Å². The quantitative estimate of drug-likeness (QED) is 0.333. The molecule has 4 rings (SSSR count). The Morgan fingerprint density at radius 2 is 1.87 bits per heavy atom. The molecule has 2 aromatic rings. The van der Waals surface area contributed by atoms with Crippen molar-refractivity contribution in [1.29, 1.82) is 0 Å². The van der Waals surface area contributed by atoms with Gasteiger partial charge >= 0.3 is 0 Å². The van der Waals surface area contributed by atoms with Gasteiger partial charge in [-0.1, -0.05) is 19.9 Å². The summed E-state index contributed by atoms with van der Waals surface area (Å²) in [7, 11) is 3.39. The summed E-state index contributed by atoms with van der Waals surface area (Å²) in [5.74, 6) is 3.62. The molecule has 1 aromatic carbocycles. The Bertz CT molecular complexity index is 1060. The molecule has 2 aliphatic rings. The first kappa shape index (κ1) is 29.3. The molecule has 1 N–H and O–H groups in total. The highest BCUT2D eigenvalue weighted by atomic mass is 16.5. The van der Waals surface area contributed by atoms with Gasteiger partial charge in [0.05, 0.1) is 25.6 Å². The fourth-order valence-electron chi connectivity index (χ4n) is 5.59. The van der Waals surface area contributed by atoms with Crippen molar-refractivity contribution < 1.29 is 19.0 Å². The number of hydrogen-bond acceptors (Lipinski definition) is 7. The molecule has 214 valence electrons. The van der Waals surface area contributed by atoms with E-state index in [-0.39, 0.29) is 5.91 Å². The van der Waals surface area contributed by atoms with Gasteiger partial charge in [-0.3, -0.25) is 9.78 Å². The third-order valence-electron chi connectivity index (χ3n) is 8.18. The first-order valence-corrected chi connectivity index (χ1v) is 14.5. The van der Waals surface area contributed by atoms with Crippen LogP contribution < -0.4 is 14.8 Å². The highest BCUT2D eigenvalue weighted by Gasteiger charge is 2.38. The van der Waals surface area contributed by atoms with Crippen molar-refractivity contribution in [2.24, 2.45) is 23.7 Å². The lowest BCUT2D eigenvalue weighted by Crippen LogP contribution is -2.40. The minimum Gasteiger partial charge on any atom is -0.493 e. The highest BCUT2D eigenvalue weighted by Crippen LogP contribution is 2.36. The third kappa shape index (κ3) is 8.15. The van der Waals surface area contributed by atoms with Gasteiger partial charge in [0.2, 0.25) is 0 Å². The maximum Gasteiger partial charge on any atom is 0.274 e. The molecule has 2 heterocycles. The van der Waals surface area contributed by atoms with Gasteiger partial charge < -0.3 is 24.4 Å². The second kappa shape index (κ2) is 14.1. The molecule has 39 heavy (non-hydrogen) atoms. The van der Waals surface area contributed by atoms with Crippen molar-refractivity contribution in [1.82, 2.24) is 20.2 Å². The second-order valence-electron chi connectivity index (χ2n) is 11.5. The van der Waals surface area contributed by atoms with Crippen molar-refractivity contribution >= 4 is 5.91 Å². The van der Waals surface area contributed by atoms with Gasteiger partial charge in [-0.15, -0.1) is 0 Å². The van der Waals surface area contributed by atoms with Crippen molar-refractivity contribution in [3.05, 3.63) is 47.5 Å². The van der Waals surface area contributed by atoms with E-state index in [9.17, 15) is 4.79 Å². The summed E-state index contributed by atoms with van der Waals surface area (Å²) in [6.45, 7) is 10.5. The van der Waals surface area contributed by atoms with E-state index >= 15 is 0 Å². The molecule has 0 spiro atoms. The fraction of sp³-hybridized carbons (Fsp3) is 0.645. The Morgan fingerprint density at radius 1 is 1.08 bits per heavy atom. The first-order valence-electron chi connectivity index (χ1n) is 14.5. The molecule has 2 fully saturated rings. The number of carbonyl (C=O) groups excluding carboxylic acids is 1. The lowest BCUT2D eigenvalue weighted by Gasteiger charge is -2.31. The normalized spacial score (nSPS) is 19.7. The van der Waals surface area contributed by atoms with Gasteiger partial charge in [-0.05, 0) is 87.1 Å². The van der Waals surface area contributed by atoms with Crippen LogP contribution in [0.1, 0.15) is 61.3 Å². The van der Waals surface area contributed by atoms with Gasteiger partial charge in [0.25, 0.3) is 5.91 Å². The molecular formula is C31H46N4O4. The zero-order chi connectivity index (χ0) is 27.8. The summed E-state index contributed by atoms with van der Waals surface area (Å²) in [5.41, 5.74) is 2.55. The van der Waals surface area contributed by atoms with Crippen molar-refractivity contribution in [2.45, 2.75) is 58.9 Å². The van der Waals surface area contributed by atoms with Crippen LogP contribution in [0.5, 0.6) is 11.5 Å². The molecule has 1 amide bonds. The number of aromatic nitrogens is 2. The molecule has 1 aromatic heterocycles. The van der Waals surface area contributed by atoms with E-state index < -0.39 is 0 Å². The molecule has 1 saturated carbocycles. The van der Waals surface area contributed by atoms with Crippen LogP contribution in [0.15, 0.2) is 30.6 Å². The third-order valence-corrected chi connectivity index (χ3v) is 8.18. The predicted octanol–water partition coefficient (Wildman–Crippen LogP) is 4.55. The fourth-order valence-corrected chi connectivity index (χ4v) is 5.59. The largest absolute Gasteiger partial charge is 0.493 e. The molecule has 3 atom stereocenters. The lowest BCUT2D eigenvalue weighted by molar-refractivity contribution is 0.0692. The average molecular weight is 539 g/mol. The van der Waals surface area contributed by atoms with Crippen LogP contribution in [0.2, 0.25) is 0 Å². The Balaban J connectivity index is 1.41. The first-order chi connectivity index (χ1) is 18.9. The number of benzene rings is 1. The van der Waals surface area contributed by atoms with Crippen molar-refractivity contribution in [3.8, 4) is 11.5 Å². The number of methoxy groups -OCH3 is 2. The molecule has 8 nitrogen and oxygen atoms in total. The number of carbonyl (C=O) groups is 1. The van der Waals surface area contributed by atoms with Gasteiger partial charge in [0, 0.05) is 38.9 Å². The predicted molar refractivity (Wildman–Crippen MR) is 152 cm³/mol. The summed E-state index contributed by atoms with van der Waals surface area (Å²) in [5, 5.41) is 3.63. The SMILES string of the molecule is COCCCOc1cc(C[C@@H](C[C@@H]2CNC[C@H]2CN(C(=O)c2cnc(C)cn2)C2CC2)C(C)C)ccc1OC. The number of aryl methyl sites for hydroxylation is 1. The Kier molecular flexibility index (Phi) is 10.6. The average Bonchev–Trinajstić information content (AvgIpc) is 3.68. The molecule has 0 bridgehead atoms. The smallest absolute Gasteiger partial charge is 0.274 e. The number of hydrogen-bond donors (Lipinski definition) is 1. The summed E-state index contributed by atoms with van der Waals surface area (Å²) >= 11 is 0. The molecule has 1 aliphatic heterocycles. The lowest BCUT2D eigenvalue weighted by atomic mass is 9.78. The monoisotopic (exact) mass is 538 g/mol. The molecule has 1 aliphatic carbocycles. The van der Waals surface area contributed by atoms with Crippen LogP contribution in [0, 0.1) is 30.6 Å².